The molecule has 0 radical (unpaired) electrons. The Balaban J connectivity index is 1.91. The maximum absolute atomic E-state index is 11.8. The van der Waals surface area contributed by atoms with Gasteiger partial charge in [-0.25, -0.2) is 4.98 Å². The SMILES string of the molecule is CCCc1nc(C(=O)NCc2ccccc2)n[nH]1. The lowest BCUT2D eigenvalue weighted by molar-refractivity contribution is 0.0941. The third-order valence-electron chi connectivity index (χ3n) is 2.52. The molecule has 1 aromatic carbocycles. The van der Waals surface area contributed by atoms with Crippen LogP contribution in [0, 0.1) is 0 Å². The smallest absolute Gasteiger partial charge is 0.291 e. The topological polar surface area (TPSA) is 70.7 Å². The van der Waals surface area contributed by atoms with Crippen LogP contribution in [0.25, 0.3) is 0 Å². The molecule has 5 nitrogen and oxygen atoms in total. The molecule has 0 aliphatic heterocycles. The van der Waals surface area contributed by atoms with Crippen LogP contribution in [0.2, 0.25) is 0 Å². The van der Waals surface area contributed by atoms with Gasteiger partial charge in [-0.1, -0.05) is 37.3 Å². The van der Waals surface area contributed by atoms with E-state index in [0.717, 1.165) is 24.2 Å². The monoisotopic (exact) mass is 244 g/mol. The Hall–Kier alpha value is -2.17. The summed E-state index contributed by atoms with van der Waals surface area (Å²) in [6.07, 6.45) is 1.78. The highest BCUT2D eigenvalue weighted by Crippen LogP contribution is 1.99. The van der Waals surface area contributed by atoms with Crippen LogP contribution in [0.1, 0.15) is 35.4 Å². The van der Waals surface area contributed by atoms with Gasteiger partial charge in [0.1, 0.15) is 5.82 Å². The van der Waals surface area contributed by atoms with Gasteiger partial charge in [-0.05, 0) is 12.0 Å². The van der Waals surface area contributed by atoms with Crippen molar-refractivity contribution in [3.63, 3.8) is 0 Å². The number of aryl methyl sites for hydroxylation is 1. The van der Waals surface area contributed by atoms with Crippen LogP contribution in [0.3, 0.4) is 0 Å². The highest BCUT2D eigenvalue weighted by Gasteiger charge is 2.11. The number of carbonyl (C=O) groups is 1. The van der Waals surface area contributed by atoms with Crippen LogP contribution in [0.5, 0.6) is 0 Å². The predicted octanol–water partition coefficient (Wildman–Crippen LogP) is 1.69. The fourth-order valence-corrected chi connectivity index (χ4v) is 1.60. The van der Waals surface area contributed by atoms with Crippen molar-refractivity contribution in [3.05, 3.63) is 47.5 Å². The first-order valence-electron chi connectivity index (χ1n) is 6.03. The Bertz CT molecular complexity index is 507. The molecule has 0 bridgehead atoms. The van der Waals surface area contributed by atoms with Crippen LogP contribution >= 0.6 is 0 Å². The van der Waals surface area contributed by atoms with Crippen molar-refractivity contribution in [2.24, 2.45) is 0 Å². The molecule has 5 heteroatoms. The van der Waals surface area contributed by atoms with Gasteiger partial charge in [0.2, 0.25) is 5.82 Å². The molecule has 94 valence electrons. The first kappa shape index (κ1) is 12.3. The zero-order valence-corrected chi connectivity index (χ0v) is 10.3. The summed E-state index contributed by atoms with van der Waals surface area (Å²) in [5.41, 5.74) is 1.05. The van der Waals surface area contributed by atoms with E-state index < -0.39 is 0 Å². The molecule has 2 N–H and O–H groups in total. The summed E-state index contributed by atoms with van der Waals surface area (Å²) in [6, 6.07) is 9.74. The predicted molar refractivity (Wildman–Crippen MR) is 68.0 cm³/mol. The summed E-state index contributed by atoms with van der Waals surface area (Å²) < 4.78 is 0. The zero-order valence-electron chi connectivity index (χ0n) is 10.3. The van der Waals surface area contributed by atoms with E-state index >= 15 is 0 Å². The average molecular weight is 244 g/mol. The van der Waals surface area contributed by atoms with E-state index in [1.165, 1.54) is 0 Å². The molecule has 1 aromatic heterocycles. The van der Waals surface area contributed by atoms with Crippen LogP contribution in [-0.2, 0) is 13.0 Å². The van der Waals surface area contributed by atoms with Gasteiger partial charge in [-0.3, -0.25) is 9.89 Å². The van der Waals surface area contributed by atoms with E-state index in [2.05, 4.69) is 27.4 Å². The third kappa shape index (κ3) is 3.16. The van der Waals surface area contributed by atoms with Crippen molar-refractivity contribution in [1.82, 2.24) is 20.5 Å². The first-order chi connectivity index (χ1) is 8.79. The van der Waals surface area contributed by atoms with Gasteiger partial charge in [0.05, 0.1) is 0 Å². The molecular formula is C13H16N4O. The molecule has 0 saturated carbocycles. The quantitative estimate of drug-likeness (QED) is 0.840. The Morgan fingerprint density at radius 1 is 1.33 bits per heavy atom. The molecule has 1 heterocycles. The second-order valence-electron chi connectivity index (χ2n) is 4.02. The van der Waals surface area contributed by atoms with Crippen LogP contribution in [-0.4, -0.2) is 21.1 Å². The minimum absolute atomic E-state index is 0.203. The van der Waals surface area contributed by atoms with E-state index in [1.807, 2.05) is 30.3 Å². The van der Waals surface area contributed by atoms with E-state index in [4.69, 9.17) is 0 Å². The standard InChI is InChI=1S/C13H16N4O/c1-2-6-11-15-12(17-16-11)13(18)14-9-10-7-4-3-5-8-10/h3-5,7-8H,2,6,9H2,1H3,(H,14,18)(H,15,16,17). The fraction of sp³-hybridized carbons (Fsp3) is 0.308. The van der Waals surface area contributed by atoms with Gasteiger partial charge in [0.25, 0.3) is 5.91 Å². The lowest BCUT2D eigenvalue weighted by Gasteiger charge is -2.01. The summed E-state index contributed by atoms with van der Waals surface area (Å²) >= 11 is 0. The Labute approximate surface area is 106 Å². The van der Waals surface area contributed by atoms with Crippen molar-refractivity contribution in [2.75, 3.05) is 0 Å². The number of hydrogen-bond donors (Lipinski definition) is 2. The number of hydrogen-bond acceptors (Lipinski definition) is 3. The van der Waals surface area contributed by atoms with E-state index in [9.17, 15) is 4.79 Å². The van der Waals surface area contributed by atoms with Gasteiger partial charge in [-0.15, -0.1) is 5.10 Å². The number of aromatic nitrogens is 3. The molecule has 0 spiro atoms. The van der Waals surface area contributed by atoms with Gasteiger partial charge < -0.3 is 5.32 Å². The zero-order chi connectivity index (χ0) is 12.8. The van der Waals surface area contributed by atoms with Crippen LogP contribution in [0.15, 0.2) is 30.3 Å². The Kier molecular flexibility index (Phi) is 4.06. The number of H-pyrrole nitrogens is 1. The van der Waals surface area contributed by atoms with Crippen molar-refractivity contribution in [1.29, 1.82) is 0 Å². The highest BCUT2D eigenvalue weighted by molar-refractivity contribution is 5.90. The number of rotatable bonds is 5. The fourth-order valence-electron chi connectivity index (χ4n) is 1.60. The lowest BCUT2D eigenvalue weighted by Crippen LogP contribution is -2.24. The second-order valence-corrected chi connectivity index (χ2v) is 4.02. The number of benzene rings is 1. The average Bonchev–Trinajstić information content (AvgIpc) is 2.86. The van der Waals surface area contributed by atoms with Crippen molar-refractivity contribution in [2.45, 2.75) is 26.3 Å². The normalized spacial score (nSPS) is 10.3. The summed E-state index contributed by atoms with van der Waals surface area (Å²) in [4.78, 5) is 15.9. The first-order valence-corrected chi connectivity index (χ1v) is 6.03. The maximum Gasteiger partial charge on any atom is 0.291 e. The summed E-state index contributed by atoms with van der Waals surface area (Å²) in [5, 5.41) is 9.45. The van der Waals surface area contributed by atoms with Gasteiger partial charge in [-0.2, -0.15) is 0 Å². The number of nitrogens with zero attached hydrogens (tertiary/aromatic N) is 2. The Morgan fingerprint density at radius 2 is 2.11 bits per heavy atom. The van der Waals surface area contributed by atoms with Crippen LogP contribution < -0.4 is 5.32 Å². The molecule has 0 saturated heterocycles. The van der Waals surface area contributed by atoms with Gasteiger partial charge >= 0.3 is 0 Å². The maximum atomic E-state index is 11.8. The molecule has 0 aliphatic rings. The largest absolute Gasteiger partial charge is 0.345 e. The van der Waals surface area contributed by atoms with E-state index in [-0.39, 0.29) is 11.7 Å². The molecule has 2 aromatic rings. The Morgan fingerprint density at radius 3 is 2.83 bits per heavy atom. The van der Waals surface area contributed by atoms with Crippen molar-refractivity contribution in [3.8, 4) is 0 Å². The molecule has 1 amide bonds. The minimum atomic E-state index is -0.252. The number of nitrogens with one attached hydrogen (secondary N) is 2. The van der Waals surface area contributed by atoms with E-state index in [1.54, 1.807) is 0 Å². The molecule has 2 rings (SSSR count). The molecule has 0 fully saturated rings. The summed E-state index contributed by atoms with van der Waals surface area (Å²) in [6.45, 7) is 2.54. The highest BCUT2D eigenvalue weighted by atomic mass is 16.2. The van der Waals surface area contributed by atoms with Crippen molar-refractivity contribution >= 4 is 5.91 Å². The third-order valence-corrected chi connectivity index (χ3v) is 2.52. The van der Waals surface area contributed by atoms with Crippen molar-refractivity contribution < 1.29 is 4.79 Å². The number of amides is 1. The second kappa shape index (κ2) is 5.95. The van der Waals surface area contributed by atoms with Crippen LogP contribution in [0.4, 0.5) is 0 Å². The van der Waals surface area contributed by atoms with E-state index in [0.29, 0.717) is 6.54 Å². The number of aromatic amines is 1. The number of carbonyl (C=O) groups excluding carboxylic acids is 1. The minimum Gasteiger partial charge on any atom is -0.345 e. The molecule has 0 unspecified atom stereocenters. The lowest BCUT2D eigenvalue weighted by atomic mass is 10.2. The molecular weight excluding hydrogens is 228 g/mol. The molecule has 0 atom stereocenters. The van der Waals surface area contributed by atoms with Gasteiger partial charge in [0, 0.05) is 13.0 Å². The summed E-state index contributed by atoms with van der Waals surface area (Å²) in [7, 11) is 0. The molecule has 0 aliphatic carbocycles. The molecule has 18 heavy (non-hydrogen) atoms. The van der Waals surface area contributed by atoms with Gasteiger partial charge in [0.15, 0.2) is 0 Å². The summed E-state index contributed by atoms with van der Waals surface area (Å²) in [5.74, 6) is 0.703.